The number of hydrogen-bond donors (Lipinski definition) is 3. The zero-order chi connectivity index (χ0) is 25.4. The highest BCUT2D eigenvalue weighted by Gasteiger charge is 2.16. The van der Waals surface area contributed by atoms with Gasteiger partial charge in [-0.25, -0.2) is 9.37 Å². The van der Waals surface area contributed by atoms with Gasteiger partial charge in [0.05, 0.1) is 23.1 Å². The molecular weight excluding hydrogens is 467 g/mol. The number of nitrogens with zero attached hydrogens (tertiary/aromatic N) is 5. The molecule has 0 amide bonds. The van der Waals surface area contributed by atoms with Crippen LogP contribution < -0.4 is 5.32 Å². The van der Waals surface area contributed by atoms with E-state index in [2.05, 4.69) is 40.3 Å². The number of aromatic nitrogens is 6. The fraction of sp³-hybridized carbons (Fsp3) is 0.143. The summed E-state index contributed by atoms with van der Waals surface area (Å²) in [5.41, 5.74) is 7.34. The van der Waals surface area contributed by atoms with Crippen LogP contribution in [0, 0.1) is 5.82 Å². The standard InChI is InChI=1S/C28H25FN8/c1-37(2)10-9-31-20-12-18(11-19(29)13-20)21-5-8-32-28-22(21)14-25(34-28)27-23-15-24(17-3-6-30-7-4-17)33-16-26(23)35-36-27/h3-8,11-16,31H,9-10H2,1-2H3,(H,32,34)(H,35,36). The molecule has 6 rings (SSSR count). The Morgan fingerprint density at radius 3 is 2.62 bits per heavy atom. The summed E-state index contributed by atoms with van der Waals surface area (Å²) in [7, 11) is 4.02. The van der Waals surface area contributed by atoms with E-state index in [4.69, 9.17) is 0 Å². The van der Waals surface area contributed by atoms with Crippen LogP contribution in [0.25, 0.3) is 55.7 Å². The third kappa shape index (κ3) is 4.52. The van der Waals surface area contributed by atoms with Gasteiger partial charge in [0, 0.05) is 53.7 Å². The highest BCUT2D eigenvalue weighted by molar-refractivity contribution is 6.00. The third-order valence-corrected chi connectivity index (χ3v) is 6.31. The van der Waals surface area contributed by atoms with Crippen molar-refractivity contribution >= 4 is 27.6 Å². The van der Waals surface area contributed by atoms with Crippen LogP contribution in [0.3, 0.4) is 0 Å². The van der Waals surface area contributed by atoms with Crippen molar-refractivity contribution in [2.24, 2.45) is 0 Å². The van der Waals surface area contributed by atoms with Gasteiger partial charge in [-0.1, -0.05) is 0 Å². The van der Waals surface area contributed by atoms with Crippen molar-refractivity contribution in [3.63, 3.8) is 0 Å². The maximum atomic E-state index is 14.6. The maximum Gasteiger partial charge on any atom is 0.138 e. The van der Waals surface area contributed by atoms with Gasteiger partial charge >= 0.3 is 0 Å². The van der Waals surface area contributed by atoms with Gasteiger partial charge in [-0.05, 0) is 73.8 Å². The Labute approximate surface area is 212 Å². The Balaban J connectivity index is 1.41. The van der Waals surface area contributed by atoms with E-state index in [1.54, 1.807) is 30.9 Å². The Kier molecular flexibility index (Phi) is 5.82. The molecule has 0 fully saturated rings. The van der Waals surface area contributed by atoms with Crippen LogP contribution in [0.5, 0.6) is 0 Å². The first-order valence-electron chi connectivity index (χ1n) is 12.0. The van der Waals surface area contributed by atoms with E-state index >= 15 is 0 Å². The Bertz CT molecular complexity index is 1700. The number of pyridine rings is 3. The molecule has 5 heterocycles. The van der Waals surface area contributed by atoms with Gasteiger partial charge in [0.15, 0.2) is 0 Å². The first kappa shape index (κ1) is 22.8. The molecule has 0 unspecified atom stereocenters. The summed E-state index contributed by atoms with van der Waals surface area (Å²) >= 11 is 0. The average Bonchev–Trinajstić information content (AvgIpc) is 3.52. The summed E-state index contributed by atoms with van der Waals surface area (Å²) in [6, 6.07) is 14.8. The Hall–Kier alpha value is -4.63. The van der Waals surface area contributed by atoms with Gasteiger partial charge in [-0.2, -0.15) is 5.10 Å². The predicted molar refractivity (Wildman–Crippen MR) is 145 cm³/mol. The van der Waals surface area contributed by atoms with Gasteiger partial charge in [0.2, 0.25) is 0 Å². The highest BCUT2D eigenvalue weighted by Crippen LogP contribution is 2.35. The molecule has 0 aliphatic rings. The molecule has 0 radical (unpaired) electrons. The second kappa shape index (κ2) is 9.44. The number of aromatic amines is 2. The minimum atomic E-state index is -0.292. The third-order valence-electron chi connectivity index (χ3n) is 6.31. The van der Waals surface area contributed by atoms with Gasteiger partial charge in [0.25, 0.3) is 0 Å². The molecule has 0 spiro atoms. The van der Waals surface area contributed by atoms with E-state index < -0.39 is 0 Å². The minimum Gasteiger partial charge on any atom is -0.384 e. The smallest absolute Gasteiger partial charge is 0.138 e. The summed E-state index contributed by atoms with van der Waals surface area (Å²) in [5, 5.41) is 12.8. The van der Waals surface area contributed by atoms with Crippen molar-refractivity contribution in [2.75, 3.05) is 32.5 Å². The molecular formula is C28H25FN8. The van der Waals surface area contributed by atoms with E-state index in [9.17, 15) is 4.39 Å². The van der Waals surface area contributed by atoms with Crippen molar-refractivity contribution in [2.45, 2.75) is 0 Å². The number of fused-ring (bicyclic) bond motifs is 2. The lowest BCUT2D eigenvalue weighted by molar-refractivity contribution is 0.425. The summed E-state index contributed by atoms with van der Waals surface area (Å²) in [6.45, 7) is 1.57. The summed E-state index contributed by atoms with van der Waals surface area (Å²) in [5.74, 6) is -0.292. The number of nitrogens with one attached hydrogen (secondary N) is 3. The molecule has 0 saturated carbocycles. The van der Waals surface area contributed by atoms with E-state index in [1.807, 2.05) is 50.5 Å². The molecule has 184 valence electrons. The molecule has 37 heavy (non-hydrogen) atoms. The molecule has 8 nitrogen and oxygen atoms in total. The molecule has 0 bridgehead atoms. The Morgan fingerprint density at radius 2 is 1.78 bits per heavy atom. The molecule has 3 N–H and O–H groups in total. The molecule has 6 aromatic rings. The highest BCUT2D eigenvalue weighted by atomic mass is 19.1. The SMILES string of the molecule is CN(C)CCNc1cc(F)cc(-c2ccnc3[nH]c(-c4n[nH]c5cnc(-c6ccncc6)cc45)cc23)c1. The van der Waals surface area contributed by atoms with E-state index in [0.717, 1.165) is 68.8 Å². The minimum absolute atomic E-state index is 0.292. The van der Waals surface area contributed by atoms with Gasteiger partial charge in [-0.3, -0.25) is 15.1 Å². The fourth-order valence-corrected chi connectivity index (χ4v) is 4.48. The molecule has 0 atom stereocenters. The van der Waals surface area contributed by atoms with Crippen LogP contribution in [-0.4, -0.2) is 62.2 Å². The van der Waals surface area contributed by atoms with Crippen LogP contribution in [-0.2, 0) is 0 Å². The Morgan fingerprint density at radius 1 is 0.919 bits per heavy atom. The lowest BCUT2D eigenvalue weighted by atomic mass is 10.0. The number of halogens is 1. The van der Waals surface area contributed by atoms with Crippen molar-refractivity contribution in [3.8, 4) is 33.8 Å². The number of hydrogen-bond acceptors (Lipinski definition) is 6. The number of benzene rings is 1. The van der Waals surface area contributed by atoms with E-state index in [1.165, 1.54) is 6.07 Å². The summed E-state index contributed by atoms with van der Waals surface area (Å²) in [4.78, 5) is 18.7. The van der Waals surface area contributed by atoms with Crippen LogP contribution in [0.2, 0.25) is 0 Å². The first-order chi connectivity index (χ1) is 18.0. The largest absolute Gasteiger partial charge is 0.384 e. The second-order valence-electron chi connectivity index (χ2n) is 9.19. The normalized spacial score (nSPS) is 11.6. The maximum absolute atomic E-state index is 14.6. The fourth-order valence-electron chi connectivity index (χ4n) is 4.48. The molecule has 0 saturated heterocycles. The van der Waals surface area contributed by atoms with Crippen LogP contribution >= 0.6 is 0 Å². The summed E-state index contributed by atoms with van der Waals surface area (Å²) < 4.78 is 14.6. The van der Waals surface area contributed by atoms with Crippen molar-refractivity contribution in [1.29, 1.82) is 0 Å². The number of anilines is 1. The number of rotatable bonds is 7. The molecule has 9 heteroatoms. The summed E-state index contributed by atoms with van der Waals surface area (Å²) in [6.07, 6.45) is 7.01. The van der Waals surface area contributed by atoms with Crippen molar-refractivity contribution in [3.05, 3.63) is 79.1 Å². The van der Waals surface area contributed by atoms with Crippen LogP contribution in [0.4, 0.5) is 10.1 Å². The van der Waals surface area contributed by atoms with Gasteiger partial charge in [-0.15, -0.1) is 0 Å². The van der Waals surface area contributed by atoms with Crippen LogP contribution in [0.1, 0.15) is 0 Å². The molecule has 0 aliphatic carbocycles. The van der Waals surface area contributed by atoms with E-state index in [0.29, 0.717) is 5.65 Å². The lowest BCUT2D eigenvalue weighted by Crippen LogP contribution is -2.20. The predicted octanol–water partition coefficient (Wildman–Crippen LogP) is 5.34. The molecule has 1 aromatic carbocycles. The zero-order valence-electron chi connectivity index (χ0n) is 20.5. The monoisotopic (exact) mass is 492 g/mol. The zero-order valence-corrected chi connectivity index (χ0v) is 20.5. The quantitative estimate of drug-likeness (QED) is 0.278. The van der Waals surface area contributed by atoms with Gasteiger partial charge in [0.1, 0.15) is 17.2 Å². The lowest BCUT2D eigenvalue weighted by Gasteiger charge is -2.13. The first-order valence-corrected chi connectivity index (χ1v) is 12.0. The molecule has 5 aromatic heterocycles. The number of H-pyrrole nitrogens is 2. The second-order valence-corrected chi connectivity index (χ2v) is 9.19. The number of likely N-dealkylation sites (N-methyl/N-ethyl adjacent to an activating group) is 1. The van der Waals surface area contributed by atoms with Crippen molar-refractivity contribution < 1.29 is 4.39 Å². The average molecular weight is 493 g/mol. The topological polar surface area (TPSA) is 98.4 Å². The van der Waals surface area contributed by atoms with Crippen LogP contribution in [0.15, 0.2) is 73.3 Å². The van der Waals surface area contributed by atoms with E-state index in [-0.39, 0.29) is 5.82 Å². The van der Waals surface area contributed by atoms with Gasteiger partial charge < -0.3 is 15.2 Å². The van der Waals surface area contributed by atoms with Crippen molar-refractivity contribution in [1.82, 2.24) is 35.0 Å². The molecule has 0 aliphatic heterocycles.